The Morgan fingerprint density at radius 1 is 1.32 bits per heavy atom. The highest BCUT2D eigenvalue weighted by Crippen LogP contribution is 2.24. The summed E-state index contributed by atoms with van der Waals surface area (Å²) >= 11 is 0. The molecule has 4 heteroatoms. The first-order valence-electron chi connectivity index (χ1n) is 6.84. The van der Waals surface area contributed by atoms with Crippen LogP contribution in [0.5, 0.6) is 5.75 Å². The van der Waals surface area contributed by atoms with Crippen LogP contribution in [0.25, 0.3) is 0 Å². The Morgan fingerprint density at radius 3 is 2.63 bits per heavy atom. The number of methoxy groups -OCH3 is 1. The molecule has 1 aliphatic carbocycles. The molecule has 1 aromatic rings. The molecular formula is C15H22N2O2. The van der Waals surface area contributed by atoms with Gasteiger partial charge >= 0.3 is 0 Å². The monoisotopic (exact) mass is 262 g/mol. The zero-order valence-electron chi connectivity index (χ0n) is 11.6. The fourth-order valence-electron chi connectivity index (χ4n) is 2.53. The molecule has 0 unspecified atom stereocenters. The first-order chi connectivity index (χ1) is 9.10. The van der Waals surface area contributed by atoms with Gasteiger partial charge in [0.1, 0.15) is 5.75 Å². The second-order valence-electron chi connectivity index (χ2n) is 5.38. The van der Waals surface area contributed by atoms with Gasteiger partial charge in [0.2, 0.25) is 0 Å². The van der Waals surface area contributed by atoms with E-state index in [-0.39, 0.29) is 11.9 Å². The number of nitrogens with two attached hydrogens (primary N) is 1. The van der Waals surface area contributed by atoms with Gasteiger partial charge in [-0.1, -0.05) is 6.92 Å². The Morgan fingerprint density at radius 2 is 2.00 bits per heavy atom. The van der Waals surface area contributed by atoms with Crippen molar-refractivity contribution < 1.29 is 9.53 Å². The van der Waals surface area contributed by atoms with Crippen LogP contribution in [-0.4, -0.2) is 19.1 Å². The van der Waals surface area contributed by atoms with Crippen LogP contribution in [0, 0.1) is 5.92 Å². The van der Waals surface area contributed by atoms with Crippen LogP contribution in [0.4, 0.5) is 5.69 Å². The standard InChI is InChI=1S/C15H22N2O2/c1-10-3-5-11(6-4-10)17-15(18)13-9-12(19-2)7-8-14(13)16/h7-11H,3-6,16H2,1-2H3,(H,17,18). The van der Waals surface area contributed by atoms with E-state index in [9.17, 15) is 4.79 Å². The van der Waals surface area contributed by atoms with Crippen LogP contribution < -0.4 is 15.8 Å². The van der Waals surface area contributed by atoms with Crippen molar-refractivity contribution in [2.24, 2.45) is 5.92 Å². The van der Waals surface area contributed by atoms with Crippen molar-refractivity contribution in [3.05, 3.63) is 23.8 Å². The van der Waals surface area contributed by atoms with E-state index in [4.69, 9.17) is 10.5 Å². The van der Waals surface area contributed by atoms with E-state index in [1.807, 2.05) is 0 Å². The smallest absolute Gasteiger partial charge is 0.253 e. The molecule has 0 saturated heterocycles. The Bertz CT molecular complexity index is 451. The van der Waals surface area contributed by atoms with Gasteiger partial charge in [0, 0.05) is 11.7 Å². The molecule has 0 aromatic heterocycles. The summed E-state index contributed by atoms with van der Waals surface area (Å²) in [7, 11) is 1.58. The first kappa shape index (κ1) is 13.7. The Balaban J connectivity index is 2.03. The molecule has 0 spiro atoms. The van der Waals surface area contributed by atoms with Gasteiger partial charge in [0.25, 0.3) is 5.91 Å². The average Bonchev–Trinajstić information content (AvgIpc) is 2.42. The highest BCUT2D eigenvalue weighted by molar-refractivity contribution is 5.99. The quantitative estimate of drug-likeness (QED) is 0.823. The van der Waals surface area contributed by atoms with Gasteiger partial charge in [-0.15, -0.1) is 0 Å². The third-order valence-electron chi connectivity index (χ3n) is 3.86. The second kappa shape index (κ2) is 5.95. The lowest BCUT2D eigenvalue weighted by atomic mass is 9.87. The number of hydrogen-bond acceptors (Lipinski definition) is 3. The van der Waals surface area contributed by atoms with E-state index >= 15 is 0 Å². The van der Waals surface area contributed by atoms with Crippen molar-refractivity contribution in [3.63, 3.8) is 0 Å². The summed E-state index contributed by atoms with van der Waals surface area (Å²) in [5.74, 6) is 1.32. The zero-order chi connectivity index (χ0) is 13.8. The lowest BCUT2D eigenvalue weighted by molar-refractivity contribution is 0.0923. The summed E-state index contributed by atoms with van der Waals surface area (Å²) in [5.41, 5.74) is 6.84. The number of nitrogen functional groups attached to an aromatic ring is 1. The van der Waals surface area contributed by atoms with Gasteiger partial charge in [-0.25, -0.2) is 0 Å². The molecule has 0 radical (unpaired) electrons. The van der Waals surface area contributed by atoms with Gasteiger partial charge < -0.3 is 15.8 Å². The number of carbonyl (C=O) groups is 1. The maximum Gasteiger partial charge on any atom is 0.253 e. The summed E-state index contributed by atoms with van der Waals surface area (Å²) in [6, 6.07) is 5.43. The van der Waals surface area contributed by atoms with Crippen molar-refractivity contribution >= 4 is 11.6 Å². The molecule has 1 amide bonds. The number of anilines is 1. The molecule has 1 saturated carbocycles. The SMILES string of the molecule is COc1ccc(N)c(C(=O)NC2CCC(C)CC2)c1. The molecular weight excluding hydrogens is 240 g/mol. The molecule has 2 rings (SSSR count). The summed E-state index contributed by atoms with van der Waals surface area (Å²) in [5, 5.41) is 3.07. The maximum atomic E-state index is 12.2. The minimum absolute atomic E-state index is 0.101. The van der Waals surface area contributed by atoms with Crippen LogP contribution in [0.15, 0.2) is 18.2 Å². The van der Waals surface area contributed by atoms with E-state index in [0.717, 1.165) is 18.8 Å². The van der Waals surface area contributed by atoms with Gasteiger partial charge in [0.15, 0.2) is 0 Å². The third-order valence-corrected chi connectivity index (χ3v) is 3.86. The predicted octanol–water partition coefficient (Wildman–Crippen LogP) is 2.59. The number of amides is 1. The maximum absolute atomic E-state index is 12.2. The summed E-state index contributed by atoms with van der Waals surface area (Å²) in [6.45, 7) is 2.26. The van der Waals surface area contributed by atoms with Gasteiger partial charge in [-0.2, -0.15) is 0 Å². The lowest BCUT2D eigenvalue weighted by Crippen LogP contribution is -2.37. The molecule has 1 aromatic carbocycles. The molecule has 3 N–H and O–H groups in total. The topological polar surface area (TPSA) is 64.3 Å². The normalized spacial score (nSPS) is 22.8. The number of ether oxygens (including phenoxy) is 1. The predicted molar refractivity (Wildman–Crippen MR) is 76.3 cm³/mol. The third kappa shape index (κ3) is 3.40. The molecule has 19 heavy (non-hydrogen) atoms. The Kier molecular flexibility index (Phi) is 4.30. The second-order valence-corrected chi connectivity index (χ2v) is 5.38. The number of nitrogens with one attached hydrogen (secondary N) is 1. The largest absolute Gasteiger partial charge is 0.497 e. The summed E-state index contributed by atoms with van der Waals surface area (Å²) < 4.78 is 5.13. The van der Waals surface area contributed by atoms with Crippen molar-refractivity contribution in [2.45, 2.75) is 38.6 Å². The number of carbonyl (C=O) groups excluding carboxylic acids is 1. The molecule has 0 aliphatic heterocycles. The number of benzene rings is 1. The Hall–Kier alpha value is -1.71. The van der Waals surface area contributed by atoms with E-state index in [1.54, 1.807) is 25.3 Å². The Labute approximate surface area is 114 Å². The van der Waals surface area contributed by atoms with Crippen molar-refractivity contribution in [2.75, 3.05) is 12.8 Å². The van der Waals surface area contributed by atoms with Crippen LogP contribution in [-0.2, 0) is 0 Å². The minimum Gasteiger partial charge on any atom is -0.497 e. The fraction of sp³-hybridized carbons (Fsp3) is 0.533. The van der Waals surface area contributed by atoms with Crippen molar-refractivity contribution in [1.29, 1.82) is 0 Å². The fourth-order valence-corrected chi connectivity index (χ4v) is 2.53. The number of rotatable bonds is 3. The molecule has 4 nitrogen and oxygen atoms in total. The lowest BCUT2D eigenvalue weighted by Gasteiger charge is -2.27. The highest BCUT2D eigenvalue weighted by Gasteiger charge is 2.21. The van der Waals surface area contributed by atoms with E-state index < -0.39 is 0 Å². The average molecular weight is 262 g/mol. The molecule has 1 aliphatic rings. The van der Waals surface area contributed by atoms with Gasteiger partial charge in [-0.3, -0.25) is 4.79 Å². The van der Waals surface area contributed by atoms with E-state index in [1.165, 1.54) is 12.8 Å². The molecule has 0 bridgehead atoms. The van der Waals surface area contributed by atoms with Crippen molar-refractivity contribution in [3.8, 4) is 5.75 Å². The van der Waals surface area contributed by atoms with Crippen molar-refractivity contribution in [1.82, 2.24) is 5.32 Å². The first-order valence-corrected chi connectivity index (χ1v) is 6.84. The van der Waals surface area contributed by atoms with E-state index in [2.05, 4.69) is 12.2 Å². The van der Waals surface area contributed by atoms with Crippen LogP contribution in [0.1, 0.15) is 43.0 Å². The van der Waals surface area contributed by atoms with Crippen LogP contribution in [0.3, 0.4) is 0 Å². The number of hydrogen-bond donors (Lipinski definition) is 2. The zero-order valence-corrected chi connectivity index (χ0v) is 11.6. The van der Waals surface area contributed by atoms with E-state index in [0.29, 0.717) is 17.0 Å². The summed E-state index contributed by atoms with van der Waals surface area (Å²) in [4.78, 5) is 12.2. The van der Waals surface area contributed by atoms with Gasteiger partial charge in [0.05, 0.1) is 12.7 Å². The van der Waals surface area contributed by atoms with Gasteiger partial charge in [-0.05, 0) is 49.8 Å². The van der Waals surface area contributed by atoms with Crippen LogP contribution in [0.2, 0.25) is 0 Å². The molecule has 104 valence electrons. The highest BCUT2D eigenvalue weighted by atomic mass is 16.5. The summed E-state index contributed by atoms with van der Waals surface area (Å²) in [6.07, 6.45) is 4.46. The van der Waals surface area contributed by atoms with Crippen LogP contribution >= 0.6 is 0 Å². The minimum atomic E-state index is -0.101. The molecule has 0 heterocycles. The molecule has 0 atom stereocenters. The molecule has 1 fully saturated rings.